The molecule has 9 nitrogen and oxygen atoms in total. The summed E-state index contributed by atoms with van der Waals surface area (Å²) in [6.07, 6.45) is -1.91. The van der Waals surface area contributed by atoms with E-state index in [-0.39, 0.29) is 18.5 Å². The molecule has 2 amide bonds. The lowest BCUT2D eigenvalue weighted by Gasteiger charge is -2.28. The Bertz CT molecular complexity index is 1100. The molecular weight excluding hydrogens is 438 g/mol. The summed E-state index contributed by atoms with van der Waals surface area (Å²) in [5.74, 6) is -0.727. The quantitative estimate of drug-likeness (QED) is 0.415. The van der Waals surface area contributed by atoms with Gasteiger partial charge in [0.25, 0.3) is 11.8 Å². The van der Waals surface area contributed by atoms with Crippen LogP contribution in [0.2, 0.25) is 0 Å². The SMILES string of the molecule is COc1ccccc1Cc1coc(CNC(=O)[C@H](O)[C@@H](O)C(=O)N(C)C(C)c2ccccc2)n1. The molecule has 3 atom stereocenters. The molecule has 34 heavy (non-hydrogen) atoms. The van der Waals surface area contributed by atoms with E-state index in [1.807, 2.05) is 54.6 Å². The van der Waals surface area contributed by atoms with Crippen LogP contribution < -0.4 is 10.1 Å². The van der Waals surface area contributed by atoms with E-state index < -0.39 is 24.0 Å². The van der Waals surface area contributed by atoms with Gasteiger partial charge in [-0.1, -0.05) is 48.5 Å². The minimum atomic E-state index is -1.94. The molecule has 0 aliphatic heterocycles. The number of methoxy groups -OCH3 is 1. The van der Waals surface area contributed by atoms with Crippen molar-refractivity contribution in [3.05, 3.63) is 83.6 Å². The maximum atomic E-state index is 12.6. The minimum Gasteiger partial charge on any atom is -0.496 e. The summed E-state index contributed by atoms with van der Waals surface area (Å²) in [6, 6.07) is 16.4. The second kappa shape index (κ2) is 11.4. The summed E-state index contributed by atoms with van der Waals surface area (Å²) in [5, 5.41) is 22.9. The summed E-state index contributed by atoms with van der Waals surface area (Å²) < 4.78 is 10.7. The number of benzene rings is 2. The van der Waals surface area contributed by atoms with Crippen LogP contribution in [0.4, 0.5) is 0 Å². The molecular formula is C25H29N3O6. The summed E-state index contributed by atoms with van der Waals surface area (Å²) in [5.41, 5.74) is 2.43. The van der Waals surface area contributed by atoms with Crippen LogP contribution in [0.3, 0.4) is 0 Å². The van der Waals surface area contributed by atoms with Crippen molar-refractivity contribution in [2.75, 3.05) is 14.2 Å². The number of para-hydroxylation sites is 1. The molecule has 3 rings (SSSR count). The Morgan fingerprint density at radius 2 is 1.76 bits per heavy atom. The monoisotopic (exact) mass is 467 g/mol. The first-order valence-corrected chi connectivity index (χ1v) is 10.8. The zero-order chi connectivity index (χ0) is 24.7. The molecule has 180 valence electrons. The van der Waals surface area contributed by atoms with Crippen molar-refractivity contribution in [3.63, 3.8) is 0 Å². The number of aromatic nitrogens is 1. The topological polar surface area (TPSA) is 125 Å². The van der Waals surface area contributed by atoms with Crippen LogP contribution in [0.5, 0.6) is 5.75 Å². The number of amides is 2. The van der Waals surface area contributed by atoms with Crippen LogP contribution in [0, 0.1) is 0 Å². The minimum absolute atomic E-state index is 0.112. The number of hydrogen-bond acceptors (Lipinski definition) is 7. The fourth-order valence-electron chi connectivity index (χ4n) is 3.46. The highest BCUT2D eigenvalue weighted by molar-refractivity contribution is 5.90. The summed E-state index contributed by atoms with van der Waals surface area (Å²) >= 11 is 0. The van der Waals surface area contributed by atoms with E-state index in [2.05, 4.69) is 10.3 Å². The van der Waals surface area contributed by atoms with Crippen LogP contribution in [0.15, 0.2) is 65.3 Å². The van der Waals surface area contributed by atoms with Gasteiger partial charge in [0.1, 0.15) is 12.0 Å². The van der Waals surface area contributed by atoms with E-state index >= 15 is 0 Å². The molecule has 0 saturated heterocycles. The van der Waals surface area contributed by atoms with E-state index in [9.17, 15) is 19.8 Å². The number of carbonyl (C=O) groups excluding carboxylic acids is 2. The van der Waals surface area contributed by atoms with Gasteiger partial charge in [-0.05, 0) is 18.6 Å². The number of aliphatic hydroxyl groups excluding tert-OH is 2. The van der Waals surface area contributed by atoms with E-state index in [0.29, 0.717) is 12.1 Å². The van der Waals surface area contributed by atoms with Gasteiger partial charge in [-0.25, -0.2) is 4.98 Å². The molecule has 3 N–H and O–H groups in total. The van der Waals surface area contributed by atoms with Crippen molar-refractivity contribution in [1.82, 2.24) is 15.2 Å². The highest BCUT2D eigenvalue weighted by atomic mass is 16.5. The molecule has 0 fully saturated rings. The van der Waals surface area contributed by atoms with E-state index in [1.54, 1.807) is 14.0 Å². The van der Waals surface area contributed by atoms with Gasteiger partial charge in [0.2, 0.25) is 5.89 Å². The first-order valence-electron chi connectivity index (χ1n) is 10.8. The number of hydrogen-bond donors (Lipinski definition) is 3. The van der Waals surface area contributed by atoms with Crippen molar-refractivity contribution >= 4 is 11.8 Å². The average Bonchev–Trinajstić information content (AvgIpc) is 3.33. The Hall–Kier alpha value is -3.69. The third kappa shape index (κ3) is 6.00. The molecule has 1 heterocycles. The normalized spacial score (nSPS) is 13.6. The van der Waals surface area contributed by atoms with E-state index in [0.717, 1.165) is 16.9 Å². The molecule has 0 spiro atoms. The molecule has 0 bridgehead atoms. The van der Waals surface area contributed by atoms with Crippen LogP contribution in [0.1, 0.15) is 35.7 Å². The molecule has 0 radical (unpaired) electrons. The summed E-state index contributed by atoms with van der Waals surface area (Å²) in [6.45, 7) is 1.68. The fourth-order valence-corrected chi connectivity index (χ4v) is 3.46. The smallest absolute Gasteiger partial charge is 0.254 e. The summed E-state index contributed by atoms with van der Waals surface area (Å²) in [7, 11) is 3.09. The summed E-state index contributed by atoms with van der Waals surface area (Å²) in [4.78, 5) is 30.5. The second-order valence-corrected chi connectivity index (χ2v) is 7.86. The van der Waals surface area contributed by atoms with Crippen LogP contribution >= 0.6 is 0 Å². The predicted octanol–water partition coefficient (Wildman–Crippen LogP) is 1.83. The van der Waals surface area contributed by atoms with Gasteiger partial charge in [0.15, 0.2) is 12.2 Å². The van der Waals surface area contributed by atoms with Crippen LogP contribution in [-0.4, -0.2) is 58.3 Å². The Morgan fingerprint density at radius 1 is 1.09 bits per heavy atom. The molecule has 0 aliphatic rings. The molecule has 2 aromatic carbocycles. The molecule has 1 unspecified atom stereocenters. The van der Waals surface area contributed by atoms with Gasteiger partial charge in [-0.3, -0.25) is 9.59 Å². The second-order valence-electron chi connectivity index (χ2n) is 7.86. The molecule has 0 saturated carbocycles. The first kappa shape index (κ1) is 24.9. The van der Waals surface area contributed by atoms with Gasteiger partial charge in [0.05, 0.1) is 25.4 Å². The number of nitrogens with one attached hydrogen (secondary N) is 1. The fraction of sp³-hybridized carbons (Fsp3) is 0.320. The predicted molar refractivity (Wildman–Crippen MR) is 124 cm³/mol. The molecule has 9 heteroatoms. The zero-order valence-corrected chi connectivity index (χ0v) is 19.3. The first-order chi connectivity index (χ1) is 16.3. The number of rotatable bonds is 10. The average molecular weight is 468 g/mol. The number of likely N-dealkylation sites (N-methyl/N-ethyl adjacent to an activating group) is 1. The van der Waals surface area contributed by atoms with Crippen LogP contribution in [-0.2, 0) is 22.6 Å². The van der Waals surface area contributed by atoms with Crippen molar-refractivity contribution < 1.29 is 29.0 Å². The van der Waals surface area contributed by atoms with Gasteiger partial charge in [-0.2, -0.15) is 0 Å². The maximum Gasteiger partial charge on any atom is 0.254 e. The standard InChI is InChI=1S/C25H29N3O6/c1-16(17-9-5-4-6-10-17)28(2)25(32)23(30)22(29)24(31)26-14-21-27-19(15-34-21)13-18-11-7-8-12-20(18)33-3/h4-12,15-16,22-23,29-30H,13-14H2,1-3H3,(H,26,31)/t16?,22-,23-/m1/s1. The maximum absolute atomic E-state index is 12.6. The Morgan fingerprint density at radius 3 is 2.47 bits per heavy atom. The number of ether oxygens (including phenoxy) is 1. The van der Waals surface area contributed by atoms with Crippen molar-refractivity contribution in [1.29, 1.82) is 0 Å². The van der Waals surface area contributed by atoms with Gasteiger partial charge < -0.3 is 29.6 Å². The number of nitrogens with zero attached hydrogens (tertiary/aromatic N) is 2. The third-order valence-corrected chi connectivity index (χ3v) is 5.61. The van der Waals surface area contributed by atoms with Crippen molar-refractivity contribution in [3.8, 4) is 5.75 Å². The van der Waals surface area contributed by atoms with Crippen molar-refractivity contribution in [2.45, 2.75) is 38.1 Å². The lowest BCUT2D eigenvalue weighted by molar-refractivity contribution is -0.153. The Kier molecular flexibility index (Phi) is 8.39. The highest BCUT2D eigenvalue weighted by Gasteiger charge is 2.34. The largest absolute Gasteiger partial charge is 0.496 e. The Balaban J connectivity index is 1.54. The van der Waals surface area contributed by atoms with Gasteiger partial charge >= 0.3 is 0 Å². The highest BCUT2D eigenvalue weighted by Crippen LogP contribution is 2.21. The lowest BCUT2D eigenvalue weighted by atomic mass is 10.1. The van der Waals surface area contributed by atoms with Gasteiger partial charge in [0, 0.05) is 19.0 Å². The molecule has 0 aliphatic carbocycles. The van der Waals surface area contributed by atoms with E-state index in [4.69, 9.17) is 9.15 Å². The number of carbonyl (C=O) groups is 2. The number of oxazole rings is 1. The molecule has 1 aromatic heterocycles. The third-order valence-electron chi connectivity index (χ3n) is 5.61. The lowest BCUT2D eigenvalue weighted by Crippen LogP contribution is -2.50. The van der Waals surface area contributed by atoms with Crippen molar-refractivity contribution in [2.24, 2.45) is 0 Å². The zero-order valence-electron chi connectivity index (χ0n) is 19.3. The van der Waals surface area contributed by atoms with Gasteiger partial charge in [-0.15, -0.1) is 0 Å². The molecule has 3 aromatic rings. The number of aliphatic hydroxyl groups is 2. The van der Waals surface area contributed by atoms with Crippen LogP contribution in [0.25, 0.3) is 0 Å². The van der Waals surface area contributed by atoms with E-state index in [1.165, 1.54) is 18.2 Å². The Labute approximate surface area is 198 Å².